The molecule has 6 heteroatoms. The van der Waals surface area contributed by atoms with Gasteiger partial charge in [0, 0.05) is 57.6 Å². The number of nitrogens with zero attached hydrogens (tertiary/aromatic N) is 3. The molecule has 2 atom stereocenters. The first-order valence-electron chi connectivity index (χ1n) is 10.1. The van der Waals surface area contributed by atoms with Crippen molar-refractivity contribution in [2.45, 2.75) is 51.5 Å². The number of carbonyl (C=O) groups is 2. The molecule has 6 nitrogen and oxygen atoms in total. The molecule has 0 spiro atoms. The molecule has 142 valence electrons. The first-order chi connectivity index (χ1) is 12.1. The molecular weight excluding hydrogens is 316 g/mol. The van der Waals surface area contributed by atoms with Crippen LogP contribution in [0.1, 0.15) is 45.4 Å². The number of likely N-dealkylation sites (tertiary alicyclic amines) is 1. The fourth-order valence-electron chi connectivity index (χ4n) is 4.55. The molecule has 2 saturated heterocycles. The maximum atomic E-state index is 12.6. The molecule has 2 heterocycles. The van der Waals surface area contributed by atoms with Crippen LogP contribution >= 0.6 is 0 Å². The van der Waals surface area contributed by atoms with Crippen molar-refractivity contribution in [3.05, 3.63) is 0 Å². The van der Waals surface area contributed by atoms with Crippen LogP contribution in [0.5, 0.6) is 0 Å². The van der Waals surface area contributed by atoms with Gasteiger partial charge in [0.2, 0.25) is 11.8 Å². The number of likely N-dealkylation sites (N-methyl/N-ethyl adjacent to an activating group) is 1. The van der Waals surface area contributed by atoms with Crippen LogP contribution in [-0.4, -0.2) is 78.4 Å². The molecule has 3 aliphatic rings. The van der Waals surface area contributed by atoms with Crippen LogP contribution in [0.2, 0.25) is 0 Å². The predicted octanol–water partition coefficient (Wildman–Crippen LogP) is 0.907. The van der Waals surface area contributed by atoms with E-state index in [0.29, 0.717) is 24.2 Å². The van der Waals surface area contributed by atoms with Crippen LogP contribution in [0.3, 0.4) is 0 Å². The zero-order valence-electron chi connectivity index (χ0n) is 15.7. The second-order valence-corrected chi connectivity index (χ2v) is 8.06. The second-order valence-electron chi connectivity index (χ2n) is 8.06. The quantitative estimate of drug-likeness (QED) is 0.818. The van der Waals surface area contributed by atoms with Gasteiger partial charge >= 0.3 is 0 Å². The normalized spacial score (nSPS) is 29.2. The molecule has 0 radical (unpaired) electrons. The Hall–Kier alpha value is -1.14. The zero-order valence-corrected chi connectivity index (χ0v) is 15.7. The Morgan fingerprint density at radius 2 is 1.60 bits per heavy atom. The van der Waals surface area contributed by atoms with E-state index in [2.05, 4.69) is 11.8 Å². The van der Waals surface area contributed by atoms with Gasteiger partial charge < -0.3 is 20.4 Å². The highest BCUT2D eigenvalue weighted by Gasteiger charge is 2.33. The Labute approximate surface area is 151 Å². The summed E-state index contributed by atoms with van der Waals surface area (Å²) in [6.07, 6.45) is 5.36. The van der Waals surface area contributed by atoms with Crippen molar-refractivity contribution in [2.24, 2.45) is 17.6 Å². The molecule has 0 aromatic carbocycles. The summed E-state index contributed by atoms with van der Waals surface area (Å²) in [5.41, 5.74) is 5.94. The molecule has 1 saturated carbocycles. The van der Waals surface area contributed by atoms with Gasteiger partial charge in [-0.05, 0) is 44.6 Å². The van der Waals surface area contributed by atoms with Crippen LogP contribution in [0.4, 0.5) is 0 Å². The van der Waals surface area contributed by atoms with Gasteiger partial charge in [-0.1, -0.05) is 6.92 Å². The number of amides is 2. The third-order valence-corrected chi connectivity index (χ3v) is 6.38. The van der Waals surface area contributed by atoms with Crippen molar-refractivity contribution in [2.75, 3.05) is 45.8 Å². The highest BCUT2D eigenvalue weighted by atomic mass is 16.2. The van der Waals surface area contributed by atoms with E-state index >= 15 is 0 Å². The smallest absolute Gasteiger partial charge is 0.225 e. The number of piperazine rings is 1. The van der Waals surface area contributed by atoms with Crippen molar-refractivity contribution < 1.29 is 9.59 Å². The number of rotatable bonds is 4. The molecule has 25 heavy (non-hydrogen) atoms. The molecule has 3 fully saturated rings. The van der Waals surface area contributed by atoms with Gasteiger partial charge in [-0.25, -0.2) is 0 Å². The second kappa shape index (κ2) is 8.49. The molecule has 0 aromatic heterocycles. The topological polar surface area (TPSA) is 69.9 Å². The van der Waals surface area contributed by atoms with Gasteiger partial charge in [0.15, 0.2) is 0 Å². The largest absolute Gasteiger partial charge is 0.342 e. The zero-order chi connectivity index (χ0) is 17.8. The lowest BCUT2D eigenvalue weighted by Crippen LogP contribution is -2.49. The maximum Gasteiger partial charge on any atom is 0.225 e. The van der Waals surface area contributed by atoms with Crippen LogP contribution < -0.4 is 5.73 Å². The Morgan fingerprint density at radius 1 is 0.920 bits per heavy atom. The molecule has 2 aliphatic heterocycles. The number of nitrogens with two attached hydrogens (primary N) is 1. The summed E-state index contributed by atoms with van der Waals surface area (Å²) in [5.74, 6) is 1.19. The SMILES string of the molecule is CCN1CCN(C(=O)CC2CCN(C(=O)C3CCC(N)C3)CC2)CC1. The first kappa shape index (κ1) is 18.6. The van der Waals surface area contributed by atoms with E-state index in [1.54, 1.807) is 0 Å². The molecule has 0 aromatic rings. The fraction of sp³-hybridized carbons (Fsp3) is 0.895. The van der Waals surface area contributed by atoms with Crippen molar-refractivity contribution in [1.29, 1.82) is 0 Å². The number of hydrogen-bond donors (Lipinski definition) is 1. The molecule has 2 unspecified atom stereocenters. The average molecular weight is 351 g/mol. The molecule has 2 amide bonds. The van der Waals surface area contributed by atoms with E-state index in [0.717, 1.165) is 77.9 Å². The number of hydrogen-bond acceptors (Lipinski definition) is 4. The fourth-order valence-corrected chi connectivity index (χ4v) is 4.55. The van der Waals surface area contributed by atoms with Crippen molar-refractivity contribution in [3.63, 3.8) is 0 Å². The van der Waals surface area contributed by atoms with E-state index < -0.39 is 0 Å². The van der Waals surface area contributed by atoms with Crippen molar-refractivity contribution in [1.82, 2.24) is 14.7 Å². The summed E-state index contributed by atoms with van der Waals surface area (Å²) in [4.78, 5) is 31.5. The van der Waals surface area contributed by atoms with Crippen LogP contribution in [0.25, 0.3) is 0 Å². The van der Waals surface area contributed by atoms with Gasteiger partial charge in [-0.3, -0.25) is 9.59 Å². The van der Waals surface area contributed by atoms with Gasteiger partial charge in [-0.2, -0.15) is 0 Å². The molecule has 1 aliphatic carbocycles. The summed E-state index contributed by atoms with van der Waals surface area (Å²) >= 11 is 0. The summed E-state index contributed by atoms with van der Waals surface area (Å²) < 4.78 is 0. The van der Waals surface area contributed by atoms with Gasteiger partial charge in [0.25, 0.3) is 0 Å². The lowest BCUT2D eigenvalue weighted by Gasteiger charge is -2.36. The number of carbonyl (C=O) groups excluding carboxylic acids is 2. The minimum absolute atomic E-state index is 0.142. The highest BCUT2D eigenvalue weighted by molar-refractivity contribution is 5.79. The van der Waals surface area contributed by atoms with Gasteiger partial charge in [-0.15, -0.1) is 0 Å². The third kappa shape index (κ3) is 4.73. The van der Waals surface area contributed by atoms with Gasteiger partial charge in [0.05, 0.1) is 0 Å². The highest BCUT2D eigenvalue weighted by Crippen LogP contribution is 2.29. The van der Waals surface area contributed by atoms with E-state index in [9.17, 15) is 9.59 Å². The summed E-state index contributed by atoms with van der Waals surface area (Å²) in [7, 11) is 0. The maximum absolute atomic E-state index is 12.6. The monoisotopic (exact) mass is 350 g/mol. The molecule has 3 rings (SSSR count). The Kier molecular flexibility index (Phi) is 6.34. The third-order valence-electron chi connectivity index (χ3n) is 6.38. The van der Waals surface area contributed by atoms with E-state index in [-0.39, 0.29) is 12.0 Å². The van der Waals surface area contributed by atoms with E-state index in [1.165, 1.54) is 0 Å². The van der Waals surface area contributed by atoms with Gasteiger partial charge in [0.1, 0.15) is 0 Å². The summed E-state index contributed by atoms with van der Waals surface area (Å²) in [6.45, 7) is 8.60. The molecule has 0 bridgehead atoms. The Bertz CT molecular complexity index is 468. The molecular formula is C19H34N4O2. The lowest BCUT2D eigenvalue weighted by atomic mass is 9.92. The average Bonchev–Trinajstić information content (AvgIpc) is 3.08. The first-order valence-corrected chi connectivity index (χ1v) is 10.1. The summed E-state index contributed by atoms with van der Waals surface area (Å²) in [6, 6.07) is 0.206. The Balaban J connectivity index is 1.39. The van der Waals surface area contributed by atoms with Crippen molar-refractivity contribution >= 4 is 11.8 Å². The number of piperidine rings is 1. The predicted molar refractivity (Wildman–Crippen MR) is 97.9 cm³/mol. The van der Waals surface area contributed by atoms with Crippen LogP contribution in [-0.2, 0) is 9.59 Å². The standard InChI is InChI=1S/C19H34N4O2/c1-2-21-9-11-22(12-10-21)18(24)13-15-5-7-23(8-6-15)19(25)16-3-4-17(20)14-16/h15-17H,2-14,20H2,1H3. The van der Waals surface area contributed by atoms with Crippen LogP contribution in [0.15, 0.2) is 0 Å². The minimum Gasteiger partial charge on any atom is -0.342 e. The minimum atomic E-state index is 0.142. The van der Waals surface area contributed by atoms with E-state index in [1.807, 2.05) is 9.80 Å². The Morgan fingerprint density at radius 3 is 2.16 bits per heavy atom. The van der Waals surface area contributed by atoms with E-state index in [4.69, 9.17) is 5.73 Å². The molecule has 2 N–H and O–H groups in total. The van der Waals surface area contributed by atoms with Crippen LogP contribution in [0, 0.1) is 11.8 Å². The summed E-state index contributed by atoms with van der Waals surface area (Å²) in [5, 5.41) is 0. The lowest BCUT2D eigenvalue weighted by molar-refractivity contribution is -0.137. The van der Waals surface area contributed by atoms with Crippen molar-refractivity contribution in [3.8, 4) is 0 Å².